The van der Waals surface area contributed by atoms with Gasteiger partial charge in [-0.25, -0.2) is 15.0 Å². The number of halogens is 1. The maximum absolute atomic E-state index is 11.5. The number of benzene rings is 2. The molecule has 0 spiro atoms. The SMILES string of the molecule is COc1nc(-c2cccc(-c3cccc(Nc4nc(C)nc5cccnc45)c3C)c2Cl)ccc1CN[C@@H]1CNC(=O)C1. The third-order valence-electron chi connectivity index (χ3n) is 7.41. The number of methoxy groups -OCH3 is 1. The number of amides is 1. The quantitative estimate of drug-likeness (QED) is 0.213. The molecule has 0 saturated carbocycles. The van der Waals surface area contributed by atoms with Gasteiger partial charge in [0.15, 0.2) is 5.82 Å². The maximum Gasteiger partial charge on any atom is 0.221 e. The van der Waals surface area contributed by atoms with Gasteiger partial charge in [-0.2, -0.15) is 0 Å². The van der Waals surface area contributed by atoms with Crippen molar-refractivity contribution in [1.82, 2.24) is 30.6 Å². The third-order valence-corrected chi connectivity index (χ3v) is 7.82. The highest BCUT2D eigenvalue weighted by atomic mass is 35.5. The van der Waals surface area contributed by atoms with Crippen LogP contribution in [-0.4, -0.2) is 45.5 Å². The Morgan fingerprint density at radius 1 is 0.976 bits per heavy atom. The lowest BCUT2D eigenvalue weighted by molar-refractivity contribution is -0.119. The molecule has 212 valence electrons. The number of aryl methyl sites for hydroxylation is 1. The Labute approximate surface area is 248 Å². The zero-order valence-electron chi connectivity index (χ0n) is 23.5. The zero-order valence-corrected chi connectivity index (χ0v) is 24.3. The van der Waals surface area contributed by atoms with Crippen LogP contribution in [0.5, 0.6) is 5.88 Å². The Hall–Kier alpha value is -4.60. The number of fused-ring (bicyclic) bond motifs is 1. The van der Waals surface area contributed by atoms with Gasteiger partial charge in [0.2, 0.25) is 11.8 Å². The minimum atomic E-state index is 0.0636. The third kappa shape index (κ3) is 5.48. The molecule has 1 amide bonds. The summed E-state index contributed by atoms with van der Waals surface area (Å²) in [6.45, 7) is 5.09. The smallest absolute Gasteiger partial charge is 0.221 e. The topological polar surface area (TPSA) is 114 Å². The van der Waals surface area contributed by atoms with Crippen molar-refractivity contribution in [2.45, 2.75) is 32.9 Å². The van der Waals surface area contributed by atoms with E-state index in [9.17, 15) is 4.79 Å². The lowest BCUT2D eigenvalue weighted by Gasteiger charge is -2.17. The number of anilines is 2. The molecule has 3 N–H and O–H groups in total. The number of ether oxygens (including phenoxy) is 1. The van der Waals surface area contributed by atoms with Crippen LogP contribution in [0.2, 0.25) is 5.02 Å². The van der Waals surface area contributed by atoms with Gasteiger partial charge in [-0.3, -0.25) is 9.78 Å². The lowest BCUT2D eigenvalue weighted by atomic mass is 9.96. The predicted octanol–water partition coefficient (Wildman–Crippen LogP) is 5.75. The summed E-state index contributed by atoms with van der Waals surface area (Å²) in [6.07, 6.45) is 2.21. The number of nitrogens with one attached hydrogen (secondary N) is 3. The Morgan fingerprint density at radius 3 is 2.60 bits per heavy atom. The van der Waals surface area contributed by atoms with Crippen molar-refractivity contribution >= 4 is 40.0 Å². The van der Waals surface area contributed by atoms with E-state index in [1.54, 1.807) is 13.3 Å². The molecule has 1 atom stereocenters. The van der Waals surface area contributed by atoms with E-state index in [4.69, 9.17) is 21.3 Å². The molecular weight excluding hydrogens is 550 g/mol. The maximum atomic E-state index is 11.5. The molecule has 1 aliphatic rings. The Morgan fingerprint density at radius 2 is 1.79 bits per heavy atom. The van der Waals surface area contributed by atoms with Crippen LogP contribution in [0, 0.1) is 13.8 Å². The number of pyridine rings is 2. The van der Waals surface area contributed by atoms with Gasteiger partial charge >= 0.3 is 0 Å². The van der Waals surface area contributed by atoms with Crippen LogP contribution in [0.3, 0.4) is 0 Å². The van der Waals surface area contributed by atoms with E-state index >= 15 is 0 Å². The molecule has 4 heterocycles. The summed E-state index contributed by atoms with van der Waals surface area (Å²) in [5, 5.41) is 10.3. The second-order valence-electron chi connectivity index (χ2n) is 10.2. The summed E-state index contributed by atoms with van der Waals surface area (Å²) in [5.74, 6) is 1.90. The molecule has 1 fully saturated rings. The molecule has 5 aromatic rings. The number of carbonyl (C=O) groups excluding carboxylic acids is 1. The van der Waals surface area contributed by atoms with Crippen molar-refractivity contribution in [2.75, 3.05) is 19.0 Å². The van der Waals surface area contributed by atoms with E-state index in [2.05, 4.69) is 43.9 Å². The van der Waals surface area contributed by atoms with Crippen molar-refractivity contribution in [3.8, 4) is 28.3 Å². The average molecular weight is 580 g/mol. The summed E-state index contributed by atoms with van der Waals surface area (Å²) < 4.78 is 5.63. The van der Waals surface area contributed by atoms with Gasteiger partial charge < -0.3 is 20.7 Å². The van der Waals surface area contributed by atoms with Gasteiger partial charge in [-0.05, 0) is 49.2 Å². The van der Waals surface area contributed by atoms with Crippen LogP contribution in [0.4, 0.5) is 11.5 Å². The molecule has 0 radical (unpaired) electrons. The van der Waals surface area contributed by atoms with Gasteiger partial charge in [-0.1, -0.05) is 48.0 Å². The molecule has 3 aromatic heterocycles. The molecule has 1 saturated heterocycles. The number of aromatic nitrogens is 4. The summed E-state index contributed by atoms with van der Waals surface area (Å²) in [6, 6.07) is 19.8. The number of rotatable bonds is 8. The second kappa shape index (κ2) is 11.7. The van der Waals surface area contributed by atoms with Crippen LogP contribution in [0.15, 0.2) is 66.9 Å². The number of hydrogen-bond donors (Lipinski definition) is 3. The summed E-state index contributed by atoms with van der Waals surface area (Å²) >= 11 is 7.07. The first-order valence-corrected chi connectivity index (χ1v) is 14.1. The van der Waals surface area contributed by atoms with Crippen molar-refractivity contribution < 1.29 is 9.53 Å². The van der Waals surface area contributed by atoms with Gasteiger partial charge in [0.1, 0.15) is 11.3 Å². The van der Waals surface area contributed by atoms with Crippen LogP contribution in [0.25, 0.3) is 33.4 Å². The van der Waals surface area contributed by atoms with E-state index in [1.807, 2.05) is 61.5 Å². The van der Waals surface area contributed by atoms with E-state index in [0.717, 1.165) is 39.0 Å². The first-order valence-electron chi connectivity index (χ1n) is 13.7. The van der Waals surface area contributed by atoms with E-state index in [-0.39, 0.29) is 11.9 Å². The summed E-state index contributed by atoms with van der Waals surface area (Å²) in [7, 11) is 1.61. The van der Waals surface area contributed by atoms with Gasteiger partial charge in [-0.15, -0.1) is 0 Å². The predicted molar refractivity (Wildman–Crippen MR) is 165 cm³/mol. The Kier molecular flexibility index (Phi) is 7.69. The van der Waals surface area contributed by atoms with Gasteiger partial charge in [0.25, 0.3) is 0 Å². The fourth-order valence-electron chi connectivity index (χ4n) is 5.23. The molecule has 6 rings (SSSR count). The standard InChI is InChI=1S/C32H30ClN7O2/c1-18-22(7-5-10-25(18)39-31-30-27(11-6-14-34-30)37-19(2)38-31)23-8-4-9-24(29(23)33)26-13-12-20(32(40-26)42-3)16-35-21-15-28(41)36-17-21/h4-14,21,35H,15-17H2,1-3H3,(H,36,41)(H,37,38,39)/t21-/m0/s1. The molecule has 0 unspecified atom stereocenters. The van der Waals surface area contributed by atoms with Crippen LogP contribution >= 0.6 is 11.6 Å². The zero-order chi connectivity index (χ0) is 29.2. The Balaban J connectivity index is 1.30. The normalized spacial score (nSPS) is 14.7. The Bertz CT molecular complexity index is 1810. The molecule has 9 nitrogen and oxygen atoms in total. The van der Waals surface area contributed by atoms with Crippen molar-refractivity contribution in [1.29, 1.82) is 0 Å². The summed E-state index contributed by atoms with van der Waals surface area (Å²) in [4.78, 5) is 29.9. The monoisotopic (exact) mass is 579 g/mol. The number of hydrogen-bond acceptors (Lipinski definition) is 8. The molecular formula is C32H30ClN7O2. The summed E-state index contributed by atoms with van der Waals surface area (Å²) in [5.41, 5.74) is 7.71. The lowest BCUT2D eigenvalue weighted by Crippen LogP contribution is -2.30. The minimum absolute atomic E-state index is 0.0636. The van der Waals surface area contributed by atoms with Gasteiger partial charge in [0.05, 0.1) is 23.3 Å². The van der Waals surface area contributed by atoms with E-state index < -0.39 is 0 Å². The molecule has 0 aliphatic carbocycles. The van der Waals surface area contributed by atoms with Crippen LogP contribution in [0.1, 0.15) is 23.4 Å². The van der Waals surface area contributed by atoms with E-state index in [0.29, 0.717) is 53.3 Å². The average Bonchev–Trinajstić information content (AvgIpc) is 3.42. The van der Waals surface area contributed by atoms with Crippen molar-refractivity contribution in [2.24, 2.45) is 0 Å². The van der Waals surface area contributed by atoms with Gasteiger partial charge in [0, 0.05) is 54.1 Å². The highest BCUT2D eigenvalue weighted by Gasteiger charge is 2.22. The van der Waals surface area contributed by atoms with Crippen LogP contribution < -0.4 is 20.7 Å². The number of carbonyl (C=O) groups is 1. The van der Waals surface area contributed by atoms with Crippen molar-refractivity contribution in [3.63, 3.8) is 0 Å². The molecule has 0 bridgehead atoms. The van der Waals surface area contributed by atoms with E-state index in [1.165, 1.54) is 0 Å². The minimum Gasteiger partial charge on any atom is -0.481 e. The fraction of sp³-hybridized carbons (Fsp3) is 0.219. The van der Waals surface area contributed by atoms with Crippen LogP contribution in [-0.2, 0) is 11.3 Å². The highest BCUT2D eigenvalue weighted by Crippen LogP contribution is 2.40. The highest BCUT2D eigenvalue weighted by molar-refractivity contribution is 6.36. The second-order valence-corrected chi connectivity index (χ2v) is 10.6. The first-order chi connectivity index (χ1) is 20.4. The van der Waals surface area contributed by atoms with Crippen molar-refractivity contribution in [3.05, 3.63) is 88.8 Å². The number of nitrogens with zero attached hydrogens (tertiary/aromatic N) is 4. The molecule has 1 aliphatic heterocycles. The first kappa shape index (κ1) is 27.6. The fourth-order valence-corrected chi connectivity index (χ4v) is 5.56. The molecule has 10 heteroatoms. The molecule has 2 aromatic carbocycles. The largest absolute Gasteiger partial charge is 0.481 e. The molecule has 42 heavy (non-hydrogen) atoms.